The van der Waals surface area contributed by atoms with Crippen molar-refractivity contribution in [2.75, 3.05) is 6.61 Å². The molecule has 1 amide bonds. The Labute approximate surface area is 152 Å². The molecule has 2 aromatic rings. The summed E-state index contributed by atoms with van der Waals surface area (Å²) in [7, 11) is 0. The van der Waals surface area contributed by atoms with Gasteiger partial charge in [-0.1, -0.05) is 22.0 Å². The van der Waals surface area contributed by atoms with E-state index < -0.39 is 0 Å². The highest BCUT2D eigenvalue weighted by Gasteiger charge is 2.10. The average Bonchev–Trinajstić information content (AvgIpc) is 2.47. The number of carbonyl (C=O) groups excluding carboxylic acids is 1. The third kappa shape index (κ3) is 5.19. The summed E-state index contributed by atoms with van der Waals surface area (Å²) in [5.41, 5.74) is 3.18. The second-order valence-corrected chi connectivity index (χ2v) is 6.69. The second-order valence-electron chi connectivity index (χ2n) is 4.07. The first-order valence-corrected chi connectivity index (χ1v) is 8.43. The van der Waals surface area contributed by atoms with Gasteiger partial charge in [-0.25, -0.2) is 5.43 Å². The standard InChI is InChI=1S/C14H10Br3N3O2/c15-10-4-11(16)14(12(17)5-10)22-8-13(21)20-19-7-9-2-1-3-18-6-9/h1-7H,8H2,(H,20,21)/b19-7-. The van der Waals surface area contributed by atoms with Crippen molar-refractivity contribution in [2.45, 2.75) is 0 Å². The molecule has 22 heavy (non-hydrogen) atoms. The van der Waals surface area contributed by atoms with Crippen molar-refractivity contribution < 1.29 is 9.53 Å². The molecule has 0 aliphatic carbocycles. The van der Waals surface area contributed by atoms with Gasteiger partial charge in [0.1, 0.15) is 5.75 Å². The van der Waals surface area contributed by atoms with E-state index in [4.69, 9.17) is 4.74 Å². The van der Waals surface area contributed by atoms with Crippen molar-refractivity contribution in [2.24, 2.45) is 5.10 Å². The van der Waals surface area contributed by atoms with Gasteiger partial charge in [0.15, 0.2) is 6.61 Å². The molecule has 0 spiro atoms. The molecule has 0 aliphatic rings. The lowest BCUT2D eigenvalue weighted by atomic mass is 10.3. The highest BCUT2D eigenvalue weighted by molar-refractivity contribution is 9.11. The second kappa shape index (κ2) is 8.40. The minimum absolute atomic E-state index is 0.150. The Morgan fingerprint density at radius 2 is 2.05 bits per heavy atom. The number of nitrogens with one attached hydrogen (secondary N) is 1. The molecule has 0 atom stereocenters. The molecular formula is C14H10Br3N3O2. The van der Waals surface area contributed by atoms with Gasteiger partial charge in [0.25, 0.3) is 5.91 Å². The van der Waals surface area contributed by atoms with Crippen LogP contribution in [0.1, 0.15) is 5.56 Å². The first kappa shape index (κ1) is 17.1. The van der Waals surface area contributed by atoms with Crippen molar-refractivity contribution >= 4 is 59.9 Å². The summed E-state index contributed by atoms with van der Waals surface area (Å²) in [4.78, 5) is 15.6. The molecule has 1 aromatic carbocycles. The molecule has 0 aliphatic heterocycles. The predicted octanol–water partition coefficient (Wildman–Crippen LogP) is 3.90. The van der Waals surface area contributed by atoms with E-state index in [1.807, 2.05) is 18.2 Å². The molecule has 0 saturated heterocycles. The van der Waals surface area contributed by atoms with Crippen LogP contribution in [0.5, 0.6) is 5.75 Å². The molecule has 0 unspecified atom stereocenters. The number of benzene rings is 1. The zero-order valence-electron chi connectivity index (χ0n) is 11.1. The lowest BCUT2D eigenvalue weighted by Gasteiger charge is -2.09. The molecule has 114 valence electrons. The molecule has 1 aromatic heterocycles. The molecule has 5 nitrogen and oxygen atoms in total. The summed E-state index contributed by atoms with van der Waals surface area (Å²) in [6.07, 6.45) is 4.82. The van der Waals surface area contributed by atoms with Gasteiger partial charge < -0.3 is 4.74 Å². The smallest absolute Gasteiger partial charge is 0.277 e. The minimum Gasteiger partial charge on any atom is -0.481 e. The maximum Gasteiger partial charge on any atom is 0.277 e. The molecule has 0 fully saturated rings. The van der Waals surface area contributed by atoms with Gasteiger partial charge in [-0.2, -0.15) is 5.10 Å². The van der Waals surface area contributed by atoms with Crippen LogP contribution in [-0.4, -0.2) is 23.7 Å². The van der Waals surface area contributed by atoms with Crippen molar-refractivity contribution in [1.82, 2.24) is 10.4 Å². The number of hydrogen-bond donors (Lipinski definition) is 1. The predicted molar refractivity (Wildman–Crippen MR) is 95.0 cm³/mol. The van der Waals surface area contributed by atoms with Crippen molar-refractivity contribution in [1.29, 1.82) is 0 Å². The maximum absolute atomic E-state index is 11.7. The Bertz CT molecular complexity index is 670. The van der Waals surface area contributed by atoms with Crippen LogP contribution in [0.4, 0.5) is 0 Å². The highest BCUT2D eigenvalue weighted by Crippen LogP contribution is 2.36. The van der Waals surface area contributed by atoms with Gasteiger partial charge >= 0.3 is 0 Å². The Hall–Kier alpha value is -1.25. The number of carbonyl (C=O) groups is 1. The molecule has 1 heterocycles. The zero-order chi connectivity index (χ0) is 15.9. The van der Waals surface area contributed by atoms with Gasteiger partial charge in [0, 0.05) is 22.4 Å². The molecule has 0 bridgehead atoms. The average molecular weight is 492 g/mol. The van der Waals surface area contributed by atoms with E-state index >= 15 is 0 Å². The van der Waals surface area contributed by atoms with E-state index in [1.54, 1.807) is 18.5 Å². The maximum atomic E-state index is 11.7. The first-order chi connectivity index (χ1) is 10.6. The summed E-state index contributed by atoms with van der Waals surface area (Å²) >= 11 is 10.1. The Balaban J connectivity index is 1.87. The first-order valence-electron chi connectivity index (χ1n) is 6.05. The van der Waals surface area contributed by atoms with Crippen molar-refractivity contribution in [3.63, 3.8) is 0 Å². The van der Waals surface area contributed by atoms with E-state index in [9.17, 15) is 4.79 Å². The van der Waals surface area contributed by atoms with Crippen LogP contribution in [0.15, 0.2) is 55.2 Å². The summed E-state index contributed by atoms with van der Waals surface area (Å²) in [5, 5.41) is 3.84. The number of amides is 1. The van der Waals surface area contributed by atoms with Crippen LogP contribution in [-0.2, 0) is 4.79 Å². The summed E-state index contributed by atoms with van der Waals surface area (Å²) in [5.74, 6) is 0.191. The Morgan fingerprint density at radius 3 is 2.68 bits per heavy atom. The normalized spacial score (nSPS) is 10.7. The zero-order valence-corrected chi connectivity index (χ0v) is 15.9. The number of halogens is 3. The fourth-order valence-electron chi connectivity index (χ4n) is 1.47. The summed E-state index contributed by atoms with van der Waals surface area (Å²) < 4.78 is 7.84. The van der Waals surface area contributed by atoms with Gasteiger partial charge in [0.05, 0.1) is 15.2 Å². The van der Waals surface area contributed by atoms with E-state index in [0.29, 0.717) is 5.75 Å². The SMILES string of the molecule is O=C(COc1c(Br)cc(Br)cc1Br)N/N=C\c1cccnc1. The molecule has 1 N–H and O–H groups in total. The van der Waals surface area contributed by atoms with Crippen LogP contribution < -0.4 is 10.2 Å². The highest BCUT2D eigenvalue weighted by atomic mass is 79.9. The third-order valence-electron chi connectivity index (χ3n) is 2.40. The molecule has 0 saturated carbocycles. The van der Waals surface area contributed by atoms with Gasteiger partial charge in [-0.3, -0.25) is 9.78 Å². The van der Waals surface area contributed by atoms with Gasteiger partial charge in [0.2, 0.25) is 0 Å². The van der Waals surface area contributed by atoms with E-state index in [0.717, 1.165) is 19.0 Å². The fraction of sp³-hybridized carbons (Fsp3) is 0.0714. The monoisotopic (exact) mass is 489 g/mol. The van der Waals surface area contributed by atoms with Gasteiger partial charge in [-0.05, 0) is 50.1 Å². The van der Waals surface area contributed by atoms with E-state index in [-0.39, 0.29) is 12.5 Å². The van der Waals surface area contributed by atoms with Crippen LogP contribution in [0.3, 0.4) is 0 Å². The van der Waals surface area contributed by atoms with Crippen LogP contribution in [0.25, 0.3) is 0 Å². The van der Waals surface area contributed by atoms with E-state index in [1.165, 1.54) is 6.21 Å². The number of ether oxygens (including phenoxy) is 1. The lowest BCUT2D eigenvalue weighted by Crippen LogP contribution is -2.24. The van der Waals surface area contributed by atoms with Crippen LogP contribution in [0.2, 0.25) is 0 Å². The van der Waals surface area contributed by atoms with E-state index in [2.05, 4.69) is 63.3 Å². The fourth-order valence-corrected chi connectivity index (χ4v) is 3.96. The number of pyridine rings is 1. The van der Waals surface area contributed by atoms with Crippen molar-refractivity contribution in [3.8, 4) is 5.75 Å². The summed E-state index contributed by atoms with van der Waals surface area (Å²) in [6, 6.07) is 7.28. The van der Waals surface area contributed by atoms with Crippen LogP contribution >= 0.6 is 47.8 Å². The number of hydrogen-bond acceptors (Lipinski definition) is 4. The molecule has 8 heteroatoms. The largest absolute Gasteiger partial charge is 0.481 e. The molecule has 0 radical (unpaired) electrons. The molecular weight excluding hydrogens is 482 g/mol. The lowest BCUT2D eigenvalue weighted by molar-refractivity contribution is -0.123. The van der Waals surface area contributed by atoms with Crippen LogP contribution in [0, 0.1) is 0 Å². The minimum atomic E-state index is -0.359. The van der Waals surface area contributed by atoms with Crippen molar-refractivity contribution in [3.05, 3.63) is 55.6 Å². The Morgan fingerprint density at radius 1 is 1.32 bits per heavy atom. The third-order valence-corrected chi connectivity index (χ3v) is 4.03. The Kier molecular flexibility index (Phi) is 6.53. The number of nitrogens with zero attached hydrogens (tertiary/aromatic N) is 2. The quantitative estimate of drug-likeness (QED) is 0.509. The number of rotatable bonds is 5. The topological polar surface area (TPSA) is 63.6 Å². The van der Waals surface area contributed by atoms with Gasteiger partial charge in [-0.15, -0.1) is 0 Å². The molecule has 2 rings (SSSR count). The number of hydrazone groups is 1. The number of aromatic nitrogens is 1. The summed E-state index contributed by atoms with van der Waals surface area (Å²) in [6.45, 7) is -0.150.